The van der Waals surface area contributed by atoms with Crippen molar-refractivity contribution in [2.45, 2.75) is 26.7 Å². The Morgan fingerprint density at radius 2 is 1.94 bits per heavy atom. The fourth-order valence-electron chi connectivity index (χ4n) is 1.79. The van der Waals surface area contributed by atoms with Crippen molar-refractivity contribution >= 4 is 15.9 Å². The van der Waals surface area contributed by atoms with E-state index in [4.69, 9.17) is 0 Å². The van der Waals surface area contributed by atoms with Crippen LogP contribution in [-0.2, 0) is 0 Å². The number of aromatic nitrogens is 2. The summed E-state index contributed by atoms with van der Waals surface area (Å²) in [5.41, 5.74) is 3.40. The predicted molar refractivity (Wildman–Crippen MR) is 70.5 cm³/mol. The Balaban J connectivity index is 2.60. The Bertz CT molecular complexity index is 500. The summed E-state index contributed by atoms with van der Waals surface area (Å²) in [6, 6.07) is 8.19. The van der Waals surface area contributed by atoms with Gasteiger partial charge in [-0.1, -0.05) is 48.0 Å². The number of halogens is 1. The first-order chi connectivity index (χ1) is 7.59. The number of aromatic amines is 1. The zero-order valence-electron chi connectivity index (χ0n) is 9.71. The topological polar surface area (TPSA) is 28.7 Å². The number of nitrogens with one attached hydrogen (secondary N) is 1. The first kappa shape index (κ1) is 11.4. The number of aryl methyl sites for hydroxylation is 1. The van der Waals surface area contributed by atoms with Gasteiger partial charge in [-0.3, -0.25) is 0 Å². The van der Waals surface area contributed by atoms with Crippen molar-refractivity contribution in [1.82, 2.24) is 9.97 Å². The summed E-state index contributed by atoms with van der Waals surface area (Å²) in [5.74, 6) is 1.41. The van der Waals surface area contributed by atoms with Crippen molar-refractivity contribution in [2.75, 3.05) is 0 Å². The van der Waals surface area contributed by atoms with E-state index >= 15 is 0 Å². The third kappa shape index (κ3) is 2.05. The van der Waals surface area contributed by atoms with E-state index in [1.54, 1.807) is 0 Å². The van der Waals surface area contributed by atoms with Crippen LogP contribution >= 0.6 is 15.9 Å². The van der Waals surface area contributed by atoms with Gasteiger partial charge in [0.2, 0.25) is 0 Å². The Morgan fingerprint density at radius 1 is 1.25 bits per heavy atom. The smallest absolute Gasteiger partial charge is 0.103 e. The second kappa shape index (κ2) is 4.42. The van der Waals surface area contributed by atoms with Gasteiger partial charge in [0.15, 0.2) is 0 Å². The molecule has 0 atom stereocenters. The molecule has 0 saturated carbocycles. The largest absolute Gasteiger partial charge is 0.345 e. The van der Waals surface area contributed by atoms with Gasteiger partial charge >= 0.3 is 0 Å². The lowest BCUT2D eigenvalue weighted by atomic mass is 10.0. The summed E-state index contributed by atoms with van der Waals surface area (Å²) in [4.78, 5) is 7.92. The molecule has 0 aliphatic rings. The zero-order valence-corrected chi connectivity index (χ0v) is 11.3. The van der Waals surface area contributed by atoms with Crippen molar-refractivity contribution in [3.63, 3.8) is 0 Å². The molecule has 3 heteroatoms. The Labute approximate surface area is 104 Å². The van der Waals surface area contributed by atoms with Crippen LogP contribution < -0.4 is 0 Å². The second-order valence-electron chi connectivity index (χ2n) is 4.22. The number of H-pyrrole nitrogens is 1. The summed E-state index contributed by atoms with van der Waals surface area (Å²) in [5, 5.41) is 0. The Morgan fingerprint density at radius 3 is 2.56 bits per heavy atom. The second-order valence-corrected chi connectivity index (χ2v) is 5.07. The van der Waals surface area contributed by atoms with Gasteiger partial charge in [0.1, 0.15) is 5.82 Å². The van der Waals surface area contributed by atoms with Gasteiger partial charge in [-0.25, -0.2) is 4.98 Å². The highest BCUT2D eigenvalue weighted by atomic mass is 79.9. The van der Waals surface area contributed by atoms with Gasteiger partial charge in [-0.15, -0.1) is 0 Å². The number of imidazole rings is 1. The molecule has 0 bridgehead atoms. The van der Waals surface area contributed by atoms with E-state index in [0.717, 1.165) is 21.6 Å². The van der Waals surface area contributed by atoms with Crippen molar-refractivity contribution in [3.8, 4) is 11.3 Å². The van der Waals surface area contributed by atoms with Crippen molar-refractivity contribution < 1.29 is 0 Å². The highest BCUT2D eigenvalue weighted by Gasteiger charge is 2.14. The van der Waals surface area contributed by atoms with Gasteiger partial charge in [0.25, 0.3) is 0 Å². The molecule has 1 aromatic carbocycles. The van der Waals surface area contributed by atoms with Gasteiger partial charge in [-0.05, 0) is 18.9 Å². The molecule has 0 spiro atoms. The van der Waals surface area contributed by atoms with Crippen LogP contribution in [0.15, 0.2) is 28.7 Å². The van der Waals surface area contributed by atoms with E-state index in [0.29, 0.717) is 5.92 Å². The van der Waals surface area contributed by atoms with Crippen LogP contribution in [0.2, 0.25) is 0 Å². The molecule has 84 valence electrons. The summed E-state index contributed by atoms with van der Waals surface area (Å²) >= 11 is 3.57. The minimum Gasteiger partial charge on any atom is -0.345 e. The van der Waals surface area contributed by atoms with Crippen LogP contribution in [0, 0.1) is 6.92 Å². The SMILES string of the molecule is Cc1nc(-c2ccccc2Br)c(C(C)C)[nH]1. The molecular weight excluding hydrogens is 264 g/mol. The van der Waals surface area contributed by atoms with E-state index in [1.165, 1.54) is 5.69 Å². The van der Waals surface area contributed by atoms with Crippen LogP contribution in [0.4, 0.5) is 0 Å². The van der Waals surface area contributed by atoms with Crippen molar-refractivity contribution in [1.29, 1.82) is 0 Å². The van der Waals surface area contributed by atoms with E-state index in [9.17, 15) is 0 Å². The quantitative estimate of drug-likeness (QED) is 0.873. The molecule has 0 amide bonds. The monoisotopic (exact) mass is 278 g/mol. The van der Waals surface area contributed by atoms with Gasteiger partial charge in [0, 0.05) is 15.7 Å². The number of benzene rings is 1. The Kier molecular flexibility index (Phi) is 3.15. The summed E-state index contributed by atoms with van der Waals surface area (Å²) in [6.07, 6.45) is 0. The van der Waals surface area contributed by atoms with Crippen LogP contribution in [0.5, 0.6) is 0 Å². The number of rotatable bonds is 2. The lowest BCUT2D eigenvalue weighted by Gasteiger charge is -2.07. The third-order valence-electron chi connectivity index (χ3n) is 2.56. The molecule has 0 aliphatic heterocycles. The zero-order chi connectivity index (χ0) is 11.7. The highest BCUT2D eigenvalue weighted by molar-refractivity contribution is 9.10. The summed E-state index contributed by atoms with van der Waals surface area (Å²) in [7, 11) is 0. The highest BCUT2D eigenvalue weighted by Crippen LogP contribution is 2.32. The fraction of sp³-hybridized carbons (Fsp3) is 0.308. The maximum absolute atomic E-state index is 4.58. The van der Waals surface area contributed by atoms with Crippen LogP contribution in [-0.4, -0.2) is 9.97 Å². The van der Waals surface area contributed by atoms with Gasteiger partial charge in [-0.2, -0.15) is 0 Å². The van der Waals surface area contributed by atoms with E-state index < -0.39 is 0 Å². The third-order valence-corrected chi connectivity index (χ3v) is 3.25. The number of nitrogens with zero attached hydrogens (tertiary/aromatic N) is 1. The maximum Gasteiger partial charge on any atom is 0.103 e. The number of hydrogen-bond acceptors (Lipinski definition) is 1. The molecule has 1 heterocycles. The molecular formula is C13H15BrN2. The van der Waals surface area contributed by atoms with E-state index in [2.05, 4.69) is 45.8 Å². The number of hydrogen-bond donors (Lipinski definition) is 1. The molecule has 2 rings (SSSR count). The summed E-state index contributed by atoms with van der Waals surface area (Å²) in [6.45, 7) is 6.34. The van der Waals surface area contributed by atoms with E-state index in [1.807, 2.05) is 25.1 Å². The molecule has 16 heavy (non-hydrogen) atoms. The molecule has 1 aromatic heterocycles. The van der Waals surface area contributed by atoms with Gasteiger partial charge < -0.3 is 4.98 Å². The average Bonchev–Trinajstić information content (AvgIpc) is 2.61. The maximum atomic E-state index is 4.58. The molecule has 0 saturated heterocycles. The molecule has 2 aromatic rings. The first-order valence-electron chi connectivity index (χ1n) is 5.41. The molecule has 1 N–H and O–H groups in total. The van der Waals surface area contributed by atoms with Crippen LogP contribution in [0.3, 0.4) is 0 Å². The standard InChI is InChI=1S/C13H15BrN2/c1-8(2)12-13(16-9(3)15-12)10-6-4-5-7-11(10)14/h4-8H,1-3H3,(H,15,16). The fourth-order valence-corrected chi connectivity index (χ4v) is 2.26. The van der Waals surface area contributed by atoms with Gasteiger partial charge in [0.05, 0.1) is 5.69 Å². The molecule has 0 unspecified atom stereocenters. The normalized spacial score (nSPS) is 11.1. The average molecular weight is 279 g/mol. The van der Waals surface area contributed by atoms with Crippen molar-refractivity contribution in [2.24, 2.45) is 0 Å². The minimum absolute atomic E-state index is 0.448. The van der Waals surface area contributed by atoms with E-state index in [-0.39, 0.29) is 0 Å². The lowest BCUT2D eigenvalue weighted by Crippen LogP contribution is -1.91. The Hall–Kier alpha value is -1.09. The lowest BCUT2D eigenvalue weighted by molar-refractivity contribution is 0.830. The minimum atomic E-state index is 0.448. The molecule has 0 aliphatic carbocycles. The predicted octanol–water partition coefficient (Wildman–Crippen LogP) is 4.27. The molecule has 0 radical (unpaired) electrons. The molecule has 0 fully saturated rings. The summed E-state index contributed by atoms with van der Waals surface area (Å²) < 4.78 is 1.09. The van der Waals surface area contributed by atoms with Crippen molar-refractivity contribution in [3.05, 3.63) is 40.3 Å². The molecule has 2 nitrogen and oxygen atoms in total. The van der Waals surface area contributed by atoms with Crippen LogP contribution in [0.25, 0.3) is 11.3 Å². The first-order valence-corrected chi connectivity index (χ1v) is 6.20. The van der Waals surface area contributed by atoms with Crippen LogP contribution in [0.1, 0.15) is 31.3 Å².